The number of hydrogen-bond donors (Lipinski definition) is 0. The van der Waals surface area contributed by atoms with Crippen LogP contribution in [0.3, 0.4) is 0 Å². The van der Waals surface area contributed by atoms with Crippen LogP contribution in [0.2, 0.25) is 0 Å². The number of rotatable bonds is 5. The normalized spacial score (nSPS) is 11.1. The highest BCUT2D eigenvalue weighted by Gasteiger charge is 2.19. The van der Waals surface area contributed by atoms with Crippen molar-refractivity contribution in [3.8, 4) is 6.07 Å². The zero-order valence-corrected chi connectivity index (χ0v) is 12.4. The predicted molar refractivity (Wildman–Crippen MR) is 82.0 cm³/mol. The van der Waals surface area contributed by atoms with Crippen LogP contribution in [0.15, 0.2) is 54.6 Å². The van der Waals surface area contributed by atoms with Gasteiger partial charge in [-0.25, -0.2) is 4.79 Å². The molecular formula is C18H13NO4. The van der Waals surface area contributed by atoms with Gasteiger partial charge in [0.25, 0.3) is 0 Å². The molecule has 0 radical (unpaired) electrons. The van der Waals surface area contributed by atoms with Gasteiger partial charge in [-0.1, -0.05) is 42.5 Å². The molecule has 5 nitrogen and oxygen atoms in total. The highest BCUT2D eigenvalue weighted by molar-refractivity contribution is 6.49. The summed E-state index contributed by atoms with van der Waals surface area (Å²) in [5, 5.41) is 8.61. The molecule has 0 aromatic heterocycles. The van der Waals surface area contributed by atoms with Crippen molar-refractivity contribution in [2.24, 2.45) is 0 Å². The number of carbonyl (C=O) groups is 3. The van der Waals surface area contributed by atoms with Crippen LogP contribution in [-0.2, 0) is 4.74 Å². The zero-order valence-electron chi connectivity index (χ0n) is 12.4. The molecule has 0 saturated heterocycles. The highest BCUT2D eigenvalue weighted by Crippen LogP contribution is 2.11. The van der Waals surface area contributed by atoms with E-state index in [1.165, 1.54) is 31.2 Å². The first-order valence-electron chi connectivity index (χ1n) is 6.87. The van der Waals surface area contributed by atoms with E-state index in [0.717, 1.165) is 0 Å². The standard InChI is InChI=1S/C18H13NO4/c1-12(11-19)23-18(22)15-9-7-14(8-10-15)17(21)16(20)13-5-3-2-4-6-13/h2-10,12H,1H3/t12-/m0/s1. The third-order valence-electron chi connectivity index (χ3n) is 3.09. The summed E-state index contributed by atoms with van der Waals surface area (Å²) in [6.07, 6.45) is -0.858. The Bertz CT molecular complexity index is 773. The summed E-state index contributed by atoms with van der Waals surface area (Å²) >= 11 is 0. The zero-order chi connectivity index (χ0) is 16.8. The minimum atomic E-state index is -0.858. The summed E-state index contributed by atoms with van der Waals surface area (Å²) in [5.74, 6) is -1.92. The van der Waals surface area contributed by atoms with Gasteiger partial charge in [0.05, 0.1) is 5.56 Å². The maximum Gasteiger partial charge on any atom is 0.339 e. The molecule has 5 heteroatoms. The van der Waals surface area contributed by atoms with Gasteiger partial charge in [-0.05, 0) is 19.1 Å². The lowest BCUT2D eigenvalue weighted by Crippen LogP contribution is -2.15. The Morgan fingerprint density at radius 1 is 0.870 bits per heavy atom. The molecule has 0 aliphatic carbocycles. The van der Waals surface area contributed by atoms with Crippen LogP contribution in [0.4, 0.5) is 0 Å². The molecule has 1 atom stereocenters. The van der Waals surface area contributed by atoms with Crippen molar-refractivity contribution in [2.45, 2.75) is 13.0 Å². The monoisotopic (exact) mass is 307 g/mol. The summed E-state index contributed by atoms with van der Waals surface area (Å²) in [7, 11) is 0. The fourth-order valence-electron chi connectivity index (χ4n) is 1.86. The topological polar surface area (TPSA) is 84.2 Å². The van der Waals surface area contributed by atoms with Crippen LogP contribution < -0.4 is 0 Å². The molecule has 0 aliphatic heterocycles. The van der Waals surface area contributed by atoms with Crippen molar-refractivity contribution in [1.82, 2.24) is 0 Å². The number of esters is 1. The minimum Gasteiger partial charge on any atom is -0.444 e. The lowest BCUT2D eigenvalue weighted by Gasteiger charge is -2.06. The number of carbonyl (C=O) groups excluding carboxylic acids is 3. The number of Topliss-reactive ketones (excluding diaryl/α,β-unsaturated/α-hetero) is 2. The third kappa shape index (κ3) is 3.89. The molecule has 2 aromatic rings. The largest absolute Gasteiger partial charge is 0.444 e. The van der Waals surface area contributed by atoms with Crippen LogP contribution in [0.1, 0.15) is 38.0 Å². The molecule has 0 unspecified atom stereocenters. The number of nitriles is 1. The molecule has 2 aromatic carbocycles. The van der Waals surface area contributed by atoms with E-state index < -0.39 is 23.6 Å². The second kappa shape index (κ2) is 7.14. The minimum absolute atomic E-state index is 0.184. The lowest BCUT2D eigenvalue weighted by molar-refractivity contribution is 0.0435. The molecule has 0 spiro atoms. The van der Waals surface area contributed by atoms with Crippen molar-refractivity contribution in [3.63, 3.8) is 0 Å². The molecule has 2 rings (SSSR count). The molecule has 114 valence electrons. The molecule has 0 fully saturated rings. The number of benzene rings is 2. The summed E-state index contributed by atoms with van der Waals surface area (Å²) in [5.41, 5.74) is 0.698. The fraction of sp³-hybridized carbons (Fsp3) is 0.111. The lowest BCUT2D eigenvalue weighted by atomic mass is 10.0. The Kier molecular flexibility index (Phi) is 5.00. The maximum atomic E-state index is 12.1. The van der Waals surface area contributed by atoms with Crippen molar-refractivity contribution >= 4 is 17.5 Å². The second-order valence-electron chi connectivity index (χ2n) is 4.78. The molecule has 0 N–H and O–H groups in total. The predicted octanol–water partition coefficient (Wildman–Crippen LogP) is 2.82. The summed E-state index contributed by atoms with van der Waals surface area (Å²) in [4.78, 5) is 35.9. The molecule has 23 heavy (non-hydrogen) atoms. The van der Waals surface area contributed by atoms with E-state index in [-0.39, 0.29) is 11.1 Å². The van der Waals surface area contributed by atoms with Gasteiger partial charge in [0.2, 0.25) is 11.6 Å². The Morgan fingerprint density at radius 2 is 1.35 bits per heavy atom. The molecule has 0 amide bonds. The molecule has 0 bridgehead atoms. The fourth-order valence-corrected chi connectivity index (χ4v) is 1.86. The number of ether oxygens (including phenoxy) is 1. The molecule has 0 aliphatic rings. The quantitative estimate of drug-likeness (QED) is 0.482. The van der Waals surface area contributed by atoms with E-state index in [1.807, 2.05) is 0 Å². The van der Waals surface area contributed by atoms with Gasteiger partial charge in [0, 0.05) is 11.1 Å². The second-order valence-corrected chi connectivity index (χ2v) is 4.78. The first-order valence-corrected chi connectivity index (χ1v) is 6.87. The first-order chi connectivity index (χ1) is 11.0. The molecule has 0 heterocycles. The summed E-state index contributed by atoms with van der Waals surface area (Å²) in [6, 6.07) is 15.6. The van der Waals surface area contributed by atoms with E-state index >= 15 is 0 Å². The van der Waals surface area contributed by atoms with E-state index in [0.29, 0.717) is 5.56 Å². The van der Waals surface area contributed by atoms with Crippen LogP contribution in [0.5, 0.6) is 0 Å². The van der Waals surface area contributed by atoms with Gasteiger partial charge < -0.3 is 4.74 Å². The van der Waals surface area contributed by atoms with Gasteiger partial charge in [0.1, 0.15) is 6.07 Å². The van der Waals surface area contributed by atoms with Crippen molar-refractivity contribution in [3.05, 3.63) is 71.3 Å². The average Bonchev–Trinajstić information content (AvgIpc) is 2.61. The Balaban J connectivity index is 2.13. The van der Waals surface area contributed by atoms with Crippen molar-refractivity contribution < 1.29 is 19.1 Å². The van der Waals surface area contributed by atoms with Crippen molar-refractivity contribution in [2.75, 3.05) is 0 Å². The Labute approximate surface area is 133 Å². The smallest absolute Gasteiger partial charge is 0.339 e. The highest BCUT2D eigenvalue weighted by atomic mass is 16.5. The average molecular weight is 307 g/mol. The van der Waals surface area contributed by atoms with Gasteiger partial charge in [-0.3, -0.25) is 9.59 Å². The van der Waals surface area contributed by atoms with Crippen LogP contribution in [-0.4, -0.2) is 23.6 Å². The third-order valence-corrected chi connectivity index (χ3v) is 3.09. The number of hydrogen-bond acceptors (Lipinski definition) is 5. The van der Waals surface area contributed by atoms with E-state index in [4.69, 9.17) is 10.00 Å². The van der Waals surface area contributed by atoms with Gasteiger partial charge in [0.15, 0.2) is 6.10 Å². The molecule has 0 saturated carbocycles. The number of ketones is 2. The van der Waals surface area contributed by atoms with Crippen molar-refractivity contribution in [1.29, 1.82) is 5.26 Å². The maximum absolute atomic E-state index is 12.1. The van der Waals surface area contributed by atoms with E-state index in [9.17, 15) is 14.4 Å². The van der Waals surface area contributed by atoms with Gasteiger partial charge in [-0.2, -0.15) is 5.26 Å². The Morgan fingerprint density at radius 3 is 1.87 bits per heavy atom. The summed E-state index contributed by atoms with van der Waals surface area (Å²) in [6.45, 7) is 1.45. The summed E-state index contributed by atoms with van der Waals surface area (Å²) < 4.78 is 4.85. The molecular weight excluding hydrogens is 294 g/mol. The SMILES string of the molecule is C[C@@H](C#N)OC(=O)c1ccc(C(=O)C(=O)c2ccccc2)cc1. The van der Waals surface area contributed by atoms with E-state index in [1.54, 1.807) is 36.4 Å². The number of nitrogens with zero attached hydrogens (tertiary/aromatic N) is 1. The van der Waals surface area contributed by atoms with Gasteiger partial charge in [-0.15, -0.1) is 0 Å². The Hall–Kier alpha value is -3.26. The van der Waals surface area contributed by atoms with Gasteiger partial charge >= 0.3 is 5.97 Å². The first kappa shape index (κ1) is 16.1. The van der Waals surface area contributed by atoms with Crippen LogP contribution in [0.25, 0.3) is 0 Å². The van der Waals surface area contributed by atoms with E-state index in [2.05, 4.69) is 0 Å². The van der Waals surface area contributed by atoms with Crippen LogP contribution >= 0.6 is 0 Å². The van der Waals surface area contributed by atoms with Crippen LogP contribution in [0, 0.1) is 11.3 Å².